The molecule has 1 saturated carbocycles. The number of benzene rings is 1. The van der Waals surface area contributed by atoms with Crippen molar-refractivity contribution in [2.45, 2.75) is 12.8 Å². The fourth-order valence-electron chi connectivity index (χ4n) is 3.78. The molecule has 2 unspecified atom stereocenters. The molecule has 2 atom stereocenters. The number of carbonyl (C=O) groups excluding carboxylic acids is 2. The summed E-state index contributed by atoms with van der Waals surface area (Å²) in [5.74, 6) is -0.00761. The molecule has 1 aliphatic heterocycles. The number of rotatable bonds is 9. The van der Waals surface area contributed by atoms with E-state index in [0.717, 1.165) is 45.7 Å². The molecule has 0 spiro atoms. The summed E-state index contributed by atoms with van der Waals surface area (Å²) in [4.78, 5) is 31.3. The number of nitrogens with zero attached hydrogens (tertiary/aromatic N) is 3. The Balaban J connectivity index is 1.33. The first-order chi connectivity index (χ1) is 14.0. The van der Waals surface area contributed by atoms with E-state index in [9.17, 15) is 9.59 Å². The predicted molar refractivity (Wildman–Crippen MR) is 116 cm³/mol. The fraction of sp³-hybridized carbons (Fsp3) is 0.565. The number of piperazine rings is 1. The van der Waals surface area contributed by atoms with Crippen molar-refractivity contribution in [2.24, 2.45) is 11.8 Å². The number of hydrogen-bond acceptors (Lipinski definition) is 4. The molecule has 0 aromatic heterocycles. The molecule has 2 amide bonds. The molecule has 0 radical (unpaired) electrons. The van der Waals surface area contributed by atoms with Gasteiger partial charge in [0.2, 0.25) is 11.8 Å². The van der Waals surface area contributed by atoms with Crippen molar-refractivity contribution in [3.8, 4) is 0 Å². The van der Waals surface area contributed by atoms with Gasteiger partial charge in [0.15, 0.2) is 0 Å². The average Bonchev–Trinajstić information content (AvgIpc) is 3.53. The van der Waals surface area contributed by atoms with E-state index in [0.29, 0.717) is 13.0 Å². The van der Waals surface area contributed by atoms with E-state index in [1.165, 1.54) is 5.56 Å². The molecule has 158 valence electrons. The van der Waals surface area contributed by atoms with Gasteiger partial charge in [-0.15, -0.1) is 0 Å². The lowest BCUT2D eigenvalue weighted by molar-refractivity contribution is -0.136. The van der Waals surface area contributed by atoms with E-state index in [-0.39, 0.29) is 23.7 Å². The molecule has 29 heavy (non-hydrogen) atoms. The van der Waals surface area contributed by atoms with Crippen LogP contribution in [0.25, 0.3) is 6.08 Å². The first kappa shape index (κ1) is 21.5. The van der Waals surface area contributed by atoms with Crippen LogP contribution in [0.4, 0.5) is 0 Å². The summed E-state index contributed by atoms with van der Waals surface area (Å²) >= 11 is 0. The van der Waals surface area contributed by atoms with Gasteiger partial charge in [-0.25, -0.2) is 0 Å². The fourth-order valence-corrected chi connectivity index (χ4v) is 3.78. The minimum atomic E-state index is -0.117. The van der Waals surface area contributed by atoms with Crippen LogP contribution in [0.3, 0.4) is 0 Å². The van der Waals surface area contributed by atoms with Crippen LogP contribution in [0.2, 0.25) is 0 Å². The summed E-state index contributed by atoms with van der Waals surface area (Å²) in [5, 5.41) is 2.98. The lowest BCUT2D eigenvalue weighted by Gasteiger charge is -2.34. The second-order valence-electron chi connectivity index (χ2n) is 8.34. The second kappa shape index (κ2) is 10.6. The minimum Gasteiger partial charge on any atom is -0.356 e. The van der Waals surface area contributed by atoms with Crippen LogP contribution in [0, 0.1) is 11.8 Å². The molecule has 2 fully saturated rings. The van der Waals surface area contributed by atoms with Crippen molar-refractivity contribution in [1.82, 2.24) is 20.0 Å². The summed E-state index contributed by atoms with van der Waals surface area (Å²) in [7, 11) is 4.05. The molecule has 6 heteroatoms. The largest absolute Gasteiger partial charge is 0.356 e. The maximum Gasteiger partial charge on any atom is 0.226 e. The summed E-state index contributed by atoms with van der Waals surface area (Å²) in [6.07, 6.45) is 5.97. The Bertz CT molecular complexity index is 696. The van der Waals surface area contributed by atoms with Gasteiger partial charge in [-0.2, -0.15) is 0 Å². The van der Waals surface area contributed by atoms with E-state index in [1.807, 2.05) is 37.2 Å². The van der Waals surface area contributed by atoms with E-state index < -0.39 is 0 Å². The van der Waals surface area contributed by atoms with E-state index in [4.69, 9.17) is 0 Å². The van der Waals surface area contributed by atoms with E-state index in [2.05, 4.69) is 39.4 Å². The highest BCUT2D eigenvalue weighted by Gasteiger charge is 2.49. The first-order valence-corrected chi connectivity index (χ1v) is 10.7. The molecule has 0 bridgehead atoms. The maximum atomic E-state index is 12.7. The van der Waals surface area contributed by atoms with Gasteiger partial charge < -0.3 is 15.1 Å². The lowest BCUT2D eigenvalue weighted by atomic mass is 10.2. The van der Waals surface area contributed by atoms with Crippen LogP contribution in [-0.2, 0) is 9.59 Å². The Labute approximate surface area is 174 Å². The first-order valence-electron chi connectivity index (χ1n) is 10.7. The number of amides is 2. The number of hydrogen-bond donors (Lipinski definition) is 1. The molecular weight excluding hydrogens is 364 g/mol. The van der Waals surface area contributed by atoms with Gasteiger partial charge in [0.05, 0.1) is 11.8 Å². The molecule has 1 N–H and O–H groups in total. The smallest absolute Gasteiger partial charge is 0.226 e. The standard InChI is InChI=1S/C23H34N4O2/c1-25(2)12-7-11-24-22(28)20-18-21(20)23(29)27-16-14-26(15-17-27)13-6-10-19-8-4-3-5-9-19/h3-6,8-10,20-21H,7,11-18H2,1-2H3,(H,24,28)/b10-6+. The minimum absolute atomic E-state index is 0.0480. The highest BCUT2D eigenvalue weighted by atomic mass is 16.2. The SMILES string of the molecule is CN(C)CCCNC(=O)C1CC1C(=O)N1CCN(C/C=C/c2ccccc2)CC1. The van der Waals surface area contributed by atoms with Crippen LogP contribution >= 0.6 is 0 Å². The van der Waals surface area contributed by atoms with Crippen molar-refractivity contribution in [3.05, 3.63) is 42.0 Å². The van der Waals surface area contributed by atoms with E-state index >= 15 is 0 Å². The van der Waals surface area contributed by atoms with Gasteiger partial charge in [0.1, 0.15) is 0 Å². The highest BCUT2D eigenvalue weighted by Crippen LogP contribution is 2.40. The van der Waals surface area contributed by atoms with Crippen molar-refractivity contribution in [3.63, 3.8) is 0 Å². The molecule has 1 saturated heterocycles. The van der Waals surface area contributed by atoms with Gasteiger partial charge in [-0.3, -0.25) is 14.5 Å². The molecule has 6 nitrogen and oxygen atoms in total. The van der Waals surface area contributed by atoms with Gasteiger partial charge >= 0.3 is 0 Å². The van der Waals surface area contributed by atoms with Crippen molar-refractivity contribution < 1.29 is 9.59 Å². The van der Waals surface area contributed by atoms with Gasteiger partial charge in [-0.1, -0.05) is 42.5 Å². The zero-order valence-electron chi connectivity index (χ0n) is 17.7. The summed E-state index contributed by atoms with van der Waals surface area (Å²) < 4.78 is 0. The summed E-state index contributed by atoms with van der Waals surface area (Å²) in [5.41, 5.74) is 1.21. The Morgan fingerprint density at radius 2 is 1.83 bits per heavy atom. The molecule has 1 heterocycles. The quantitative estimate of drug-likeness (QED) is 0.642. The molecule has 1 aromatic carbocycles. The summed E-state index contributed by atoms with van der Waals surface area (Å²) in [6, 6.07) is 10.3. The molecule has 1 aromatic rings. The van der Waals surface area contributed by atoms with E-state index in [1.54, 1.807) is 0 Å². The van der Waals surface area contributed by atoms with Crippen LogP contribution < -0.4 is 5.32 Å². The third-order valence-electron chi connectivity index (χ3n) is 5.68. The molecular formula is C23H34N4O2. The number of nitrogens with one attached hydrogen (secondary N) is 1. The third-order valence-corrected chi connectivity index (χ3v) is 5.68. The van der Waals surface area contributed by atoms with Crippen LogP contribution in [0.5, 0.6) is 0 Å². The van der Waals surface area contributed by atoms with Crippen LogP contribution in [0.15, 0.2) is 36.4 Å². The second-order valence-corrected chi connectivity index (χ2v) is 8.34. The Hall–Kier alpha value is -2.18. The van der Waals surface area contributed by atoms with Crippen molar-refractivity contribution >= 4 is 17.9 Å². The van der Waals surface area contributed by atoms with Gasteiger partial charge in [0, 0.05) is 39.3 Å². The Morgan fingerprint density at radius 3 is 2.52 bits per heavy atom. The Kier molecular flexibility index (Phi) is 7.83. The average molecular weight is 399 g/mol. The van der Waals surface area contributed by atoms with Crippen molar-refractivity contribution in [1.29, 1.82) is 0 Å². The zero-order chi connectivity index (χ0) is 20.6. The monoisotopic (exact) mass is 398 g/mol. The van der Waals surface area contributed by atoms with Gasteiger partial charge in [0.25, 0.3) is 0 Å². The normalized spacial score (nSPS) is 22.2. The molecule has 3 rings (SSSR count). The third kappa shape index (κ3) is 6.68. The summed E-state index contributed by atoms with van der Waals surface area (Å²) in [6.45, 7) is 5.83. The van der Waals surface area contributed by atoms with Crippen LogP contribution in [0.1, 0.15) is 18.4 Å². The topological polar surface area (TPSA) is 55.9 Å². The van der Waals surface area contributed by atoms with Crippen molar-refractivity contribution in [2.75, 3.05) is 59.9 Å². The van der Waals surface area contributed by atoms with Crippen LogP contribution in [-0.4, -0.2) is 86.4 Å². The number of carbonyl (C=O) groups is 2. The zero-order valence-corrected chi connectivity index (χ0v) is 17.7. The lowest BCUT2D eigenvalue weighted by Crippen LogP contribution is -2.49. The highest BCUT2D eigenvalue weighted by molar-refractivity contribution is 5.92. The molecule has 2 aliphatic rings. The molecule has 1 aliphatic carbocycles. The Morgan fingerprint density at radius 1 is 1.10 bits per heavy atom. The predicted octanol–water partition coefficient (Wildman–Crippen LogP) is 1.55. The van der Waals surface area contributed by atoms with Gasteiger partial charge in [-0.05, 0) is 39.0 Å². The maximum absolute atomic E-state index is 12.7.